The summed E-state index contributed by atoms with van der Waals surface area (Å²) in [5.41, 5.74) is 0. The van der Waals surface area contributed by atoms with Gasteiger partial charge < -0.3 is 4.90 Å². The summed E-state index contributed by atoms with van der Waals surface area (Å²) < 4.78 is 0. The van der Waals surface area contributed by atoms with Gasteiger partial charge >= 0.3 is 0 Å². The second kappa shape index (κ2) is 4.15. The molecule has 0 fully saturated rings. The Morgan fingerprint density at radius 2 is 2.54 bits per heavy atom. The summed E-state index contributed by atoms with van der Waals surface area (Å²) in [4.78, 5) is 6.57. The normalized spacial score (nSPS) is 21.3. The van der Waals surface area contributed by atoms with E-state index < -0.39 is 0 Å². The number of thiazole rings is 1. The second-order valence-electron chi connectivity index (χ2n) is 2.89. The van der Waals surface area contributed by atoms with Crippen LogP contribution < -0.4 is 4.90 Å². The van der Waals surface area contributed by atoms with Crippen LogP contribution in [0, 0.1) is 0 Å². The smallest absolute Gasteiger partial charge is 0.190 e. The Kier molecular flexibility index (Phi) is 2.90. The molecule has 1 aliphatic heterocycles. The van der Waals surface area contributed by atoms with E-state index >= 15 is 0 Å². The lowest BCUT2D eigenvalue weighted by molar-refractivity contribution is 0.746. The van der Waals surface area contributed by atoms with Gasteiger partial charge in [0, 0.05) is 17.8 Å². The molecule has 0 saturated heterocycles. The van der Waals surface area contributed by atoms with Gasteiger partial charge in [-0.25, -0.2) is 4.98 Å². The Morgan fingerprint density at radius 1 is 1.62 bits per heavy atom. The van der Waals surface area contributed by atoms with Crippen molar-refractivity contribution in [3.05, 3.63) is 23.2 Å². The van der Waals surface area contributed by atoms with E-state index in [1.807, 2.05) is 23.3 Å². The van der Waals surface area contributed by atoms with Gasteiger partial charge in [-0.3, -0.25) is 0 Å². The SMILES string of the molecule is CCCC1SC=CN1c1nccs1. The van der Waals surface area contributed by atoms with Crippen LogP contribution in [0.15, 0.2) is 23.2 Å². The third-order valence-corrected chi connectivity index (χ3v) is 3.78. The van der Waals surface area contributed by atoms with Crippen molar-refractivity contribution in [2.24, 2.45) is 0 Å². The fourth-order valence-corrected chi connectivity index (χ4v) is 3.13. The molecule has 0 radical (unpaired) electrons. The van der Waals surface area contributed by atoms with Crippen molar-refractivity contribution in [3.63, 3.8) is 0 Å². The molecule has 2 heterocycles. The lowest BCUT2D eigenvalue weighted by Crippen LogP contribution is -2.23. The van der Waals surface area contributed by atoms with E-state index in [9.17, 15) is 0 Å². The summed E-state index contributed by atoms with van der Waals surface area (Å²) in [6.45, 7) is 2.22. The first-order valence-corrected chi connectivity index (χ1v) is 6.24. The van der Waals surface area contributed by atoms with Crippen molar-refractivity contribution in [2.75, 3.05) is 4.90 Å². The zero-order chi connectivity index (χ0) is 9.10. The maximum atomic E-state index is 4.31. The van der Waals surface area contributed by atoms with Crippen molar-refractivity contribution in [1.82, 2.24) is 4.98 Å². The van der Waals surface area contributed by atoms with Crippen LogP contribution in [-0.2, 0) is 0 Å². The van der Waals surface area contributed by atoms with Gasteiger partial charge in [0.1, 0.15) is 0 Å². The van der Waals surface area contributed by atoms with Crippen molar-refractivity contribution >= 4 is 28.2 Å². The van der Waals surface area contributed by atoms with Crippen LogP contribution in [0.4, 0.5) is 5.13 Å². The molecular formula is C9H12N2S2. The number of anilines is 1. The predicted molar refractivity (Wildman–Crippen MR) is 60.0 cm³/mol. The van der Waals surface area contributed by atoms with E-state index in [0.29, 0.717) is 5.37 Å². The standard InChI is InChI=1S/C9H12N2S2/c1-2-3-8-11(5-7-12-8)9-10-4-6-13-9/h4-8H,2-3H2,1H3. The largest absolute Gasteiger partial charge is 0.311 e. The number of hydrogen-bond donors (Lipinski definition) is 0. The van der Waals surface area contributed by atoms with Gasteiger partial charge in [0.05, 0.1) is 5.37 Å². The number of aromatic nitrogens is 1. The first-order chi connectivity index (χ1) is 6.42. The van der Waals surface area contributed by atoms with Crippen LogP contribution in [0.25, 0.3) is 0 Å². The molecule has 13 heavy (non-hydrogen) atoms. The van der Waals surface area contributed by atoms with Crippen molar-refractivity contribution in [2.45, 2.75) is 25.1 Å². The molecule has 70 valence electrons. The summed E-state index contributed by atoms with van der Waals surface area (Å²) in [5.74, 6) is 0. The molecule has 0 saturated carbocycles. The molecule has 0 spiro atoms. The Balaban J connectivity index is 2.09. The Hall–Kier alpha value is -0.480. The molecule has 0 aliphatic carbocycles. The highest BCUT2D eigenvalue weighted by Gasteiger charge is 2.21. The first kappa shape index (κ1) is 9.09. The molecule has 0 aromatic carbocycles. The summed E-state index contributed by atoms with van der Waals surface area (Å²) in [6, 6.07) is 0. The third kappa shape index (κ3) is 1.89. The molecule has 0 bridgehead atoms. The van der Waals surface area contributed by atoms with Crippen LogP contribution in [-0.4, -0.2) is 10.4 Å². The number of thioether (sulfide) groups is 1. The van der Waals surface area contributed by atoms with Gasteiger partial charge in [0.2, 0.25) is 0 Å². The van der Waals surface area contributed by atoms with Gasteiger partial charge in [0.25, 0.3) is 0 Å². The minimum absolute atomic E-state index is 0.566. The fraction of sp³-hybridized carbons (Fsp3) is 0.444. The average molecular weight is 212 g/mol. The molecular weight excluding hydrogens is 200 g/mol. The minimum atomic E-state index is 0.566. The fourth-order valence-electron chi connectivity index (χ4n) is 1.34. The molecule has 0 amide bonds. The van der Waals surface area contributed by atoms with Gasteiger partial charge in [-0.1, -0.05) is 13.3 Å². The second-order valence-corrected chi connectivity index (χ2v) is 4.85. The Bertz CT molecular complexity index is 282. The van der Waals surface area contributed by atoms with E-state index in [0.717, 1.165) is 5.13 Å². The molecule has 1 aromatic heterocycles. The summed E-state index contributed by atoms with van der Waals surface area (Å²) in [6.07, 6.45) is 6.43. The molecule has 1 unspecified atom stereocenters. The quantitative estimate of drug-likeness (QED) is 0.765. The van der Waals surface area contributed by atoms with Gasteiger partial charge in [-0.05, 0) is 11.8 Å². The highest BCUT2D eigenvalue weighted by Crippen LogP contribution is 2.33. The first-order valence-electron chi connectivity index (χ1n) is 4.42. The zero-order valence-electron chi connectivity index (χ0n) is 7.51. The Morgan fingerprint density at radius 3 is 3.23 bits per heavy atom. The van der Waals surface area contributed by atoms with E-state index in [1.54, 1.807) is 11.3 Å². The van der Waals surface area contributed by atoms with E-state index in [-0.39, 0.29) is 0 Å². The topological polar surface area (TPSA) is 16.1 Å². The molecule has 0 N–H and O–H groups in total. The molecule has 1 atom stereocenters. The highest BCUT2D eigenvalue weighted by atomic mass is 32.2. The number of nitrogens with zero attached hydrogens (tertiary/aromatic N) is 2. The molecule has 1 aliphatic rings. The number of rotatable bonds is 3. The summed E-state index contributed by atoms with van der Waals surface area (Å²) in [7, 11) is 0. The van der Waals surface area contributed by atoms with Crippen molar-refractivity contribution in [3.8, 4) is 0 Å². The molecule has 2 nitrogen and oxygen atoms in total. The highest BCUT2D eigenvalue weighted by molar-refractivity contribution is 8.03. The van der Waals surface area contributed by atoms with Gasteiger partial charge in [-0.2, -0.15) is 0 Å². The van der Waals surface area contributed by atoms with E-state index in [2.05, 4.69) is 28.4 Å². The molecule has 1 aromatic rings. The summed E-state index contributed by atoms with van der Waals surface area (Å²) >= 11 is 3.59. The van der Waals surface area contributed by atoms with Gasteiger partial charge in [-0.15, -0.1) is 23.1 Å². The Labute approximate surface area is 86.7 Å². The summed E-state index contributed by atoms with van der Waals surface area (Å²) in [5, 5.41) is 5.85. The van der Waals surface area contributed by atoms with E-state index in [4.69, 9.17) is 0 Å². The number of hydrogen-bond acceptors (Lipinski definition) is 4. The lowest BCUT2D eigenvalue weighted by atomic mass is 10.3. The average Bonchev–Trinajstić information content (AvgIpc) is 2.71. The van der Waals surface area contributed by atoms with Crippen LogP contribution in [0.1, 0.15) is 19.8 Å². The van der Waals surface area contributed by atoms with Gasteiger partial charge in [0.15, 0.2) is 5.13 Å². The lowest BCUT2D eigenvalue weighted by Gasteiger charge is -2.21. The minimum Gasteiger partial charge on any atom is -0.311 e. The van der Waals surface area contributed by atoms with Crippen LogP contribution in [0.2, 0.25) is 0 Å². The maximum Gasteiger partial charge on any atom is 0.190 e. The zero-order valence-corrected chi connectivity index (χ0v) is 9.14. The van der Waals surface area contributed by atoms with Crippen molar-refractivity contribution < 1.29 is 0 Å². The maximum absolute atomic E-state index is 4.31. The van der Waals surface area contributed by atoms with Crippen molar-refractivity contribution in [1.29, 1.82) is 0 Å². The monoisotopic (exact) mass is 212 g/mol. The van der Waals surface area contributed by atoms with E-state index in [1.165, 1.54) is 12.8 Å². The van der Waals surface area contributed by atoms with Crippen LogP contribution in [0.5, 0.6) is 0 Å². The third-order valence-electron chi connectivity index (χ3n) is 1.94. The predicted octanol–water partition coefficient (Wildman–Crippen LogP) is 3.29. The van der Waals surface area contributed by atoms with Crippen LogP contribution >= 0.6 is 23.1 Å². The van der Waals surface area contributed by atoms with Crippen LogP contribution in [0.3, 0.4) is 0 Å². The molecule has 4 heteroatoms. The molecule has 2 rings (SSSR count).